The molecule has 0 saturated heterocycles. The number of allylic oxidation sites excluding steroid dienone is 1. The number of aliphatic hydroxyl groups is 2. The summed E-state index contributed by atoms with van der Waals surface area (Å²) in [6, 6.07) is -0.620. The quantitative estimate of drug-likeness (QED) is 0.0420. The zero-order chi connectivity index (χ0) is 53.4. The smallest absolute Gasteiger partial charge is 0.220 e. The van der Waals surface area contributed by atoms with E-state index in [0.717, 1.165) is 25.7 Å². The molecule has 0 fully saturated rings. The van der Waals surface area contributed by atoms with Crippen molar-refractivity contribution in [3.63, 3.8) is 0 Å². The van der Waals surface area contributed by atoms with Gasteiger partial charge in [-0.05, 0) is 19.3 Å². The Labute approximate surface area is 467 Å². The Kier molecular flexibility index (Phi) is 65.6. The topological polar surface area (TPSA) is 69.6 Å². The Hall–Kier alpha value is -0.870. The van der Waals surface area contributed by atoms with Crippen LogP contribution < -0.4 is 5.32 Å². The van der Waals surface area contributed by atoms with Crippen LogP contribution in [0.5, 0.6) is 0 Å². The van der Waals surface area contributed by atoms with Gasteiger partial charge in [0.2, 0.25) is 5.91 Å². The van der Waals surface area contributed by atoms with Crippen LogP contribution in [0.1, 0.15) is 412 Å². The van der Waals surface area contributed by atoms with Gasteiger partial charge in [-0.1, -0.05) is 398 Å². The molecule has 0 radical (unpaired) electrons. The Balaban J connectivity index is 3.39. The first-order valence-corrected chi connectivity index (χ1v) is 34.9. The lowest BCUT2D eigenvalue weighted by Gasteiger charge is -2.20. The lowest BCUT2D eigenvalue weighted by atomic mass is 10.0. The third-order valence-corrected chi connectivity index (χ3v) is 16.8. The van der Waals surface area contributed by atoms with Gasteiger partial charge in [-0.25, -0.2) is 0 Å². The fourth-order valence-corrected chi connectivity index (χ4v) is 11.5. The number of hydrogen-bond acceptors (Lipinski definition) is 3. The molecule has 0 aromatic heterocycles. The van der Waals surface area contributed by atoms with E-state index in [-0.39, 0.29) is 12.5 Å². The third kappa shape index (κ3) is 62.0. The van der Waals surface area contributed by atoms with Gasteiger partial charge in [-0.15, -0.1) is 0 Å². The molecule has 0 aromatic rings. The summed E-state index contributed by atoms with van der Waals surface area (Å²) in [5.41, 5.74) is 0. The molecule has 4 nitrogen and oxygen atoms in total. The summed E-state index contributed by atoms with van der Waals surface area (Å²) in [5.74, 6) is -0.0529. The summed E-state index contributed by atoms with van der Waals surface area (Å²) in [7, 11) is 0. The molecular formula is C70H139NO3. The first-order valence-electron chi connectivity index (χ1n) is 34.9. The molecule has 4 heteroatoms. The summed E-state index contributed by atoms with van der Waals surface area (Å²) in [6.07, 6.45) is 88.8. The van der Waals surface area contributed by atoms with E-state index < -0.39 is 12.1 Å². The molecule has 0 rings (SSSR count). The van der Waals surface area contributed by atoms with Crippen LogP contribution in [-0.2, 0) is 4.79 Å². The Bertz CT molecular complexity index is 1040. The van der Waals surface area contributed by atoms with Gasteiger partial charge in [0, 0.05) is 6.42 Å². The second-order valence-corrected chi connectivity index (χ2v) is 24.3. The first kappa shape index (κ1) is 73.1. The predicted octanol–water partition coefficient (Wildman–Crippen LogP) is 23.6. The van der Waals surface area contributed by atoms with Crippen LogP contribution in [-0.4, -0.2) is 34.9 Å². The van der Waals surface area contributed by atoms with Gasteiger partial charge in [0.25, 0.3) is 0 Å². The minimum absolute atomic E-state index is 0.0529. The van der Waals surface area contributed by atoms with Crippen LogP contribution in [0, 0.1) is 0 Å². The lowest BCUT2D eigenvalue weighted by molar-refractivity contribution is -0.123. The molecule has 0 aliphatic carbocycles. The van der Waals surface area contributed by atoms with Crippen molar-refractivity contribution in [2.45, 2.75) is 424 Å². The predicted molar refractivity (Wildman–Crippen MR) is 332 cm³/mol. The van der Waals surface area contributed by atoms with Crippen molar-refractivity contribution in [1.29, 1.82) is 0 Å². The van der Waals surface area contributed by atoms with Crippen LogP contribution in [0.2, 0.25) is 0 Å². The molecule has 2 unspecified atom stereocenters. The highest BCUT2D eigenvalue weighted by molar-refractivity contribution is 5.76. The second-order valence-electron chi connectivity index (χ2n) is 24.3. The minimum atomic E-state index is -0.837. The first-order chi connectivity index (χ1) is 36.7. The number of carbonyl (C=O) groups excluding carboxylic acids is 1. The average molecular weight is 1040 g/mol. The van der Waals surface area contributed by atoms with Crippen molar-refractivity contribution in [3.05, 3.63) is 12.2 Å². The summed E-state index contributed by atoms with van der Waals surface area (Å²) >= 11 is 0. The summed E-state index contributed by atoms with van der Waals surface area (Å²) in [4.78, 5) is 12.5. The number of unbranched alkanes of at least 4 members (excludes halogenated alkanes) is 59. The van der Waals surface area contributed by atoms with Crippen molar-refractivity contribution in [2.24, 2.45) is 0 Å². The number of hydrogen-bond donors (Lipinski definition) is 3. The molecular weight excluding hydrogens is 903 g/mol. The number of aliphatic hydroxyl groups excluding tert-OH is 2. The maximum absolute atomic E-state index is 12.5. The van der Waals surface area contributed by atoms with E-state index in [4.69, 9.17) is 0 Å². The Morgan fingerprint density at radius 3 is 0.703 bits per heavy atom. The molecule has 1 amide bonds. The molecule has 0 bridgehead atoms. The van der Waals surface area contributed by atoms with Crippen LogP contribution in [0.25, 0.3) is 0 Å². The molecule has 0 aromatic carbocycles. The van der Waals surface area contributed by atoms with Gasteiger partial charge < -0.3 is 15.5 Å². The summed E-state index contributed by atoms with van der Waals surface area (Å²) in [6.45, 7) is 4.37. The third-order valence-electron chi connectivity index (χ3n) is 16.8. The van der Waals surface area contributed by atoms with Crippen LogP contribution in [0.4, 0.5) is 0 Å². The Morgan fingerprint density at radius 2 is 0.500 bits per heavy atom. The van der Waals surface area contributed by atoms with E-state index >= 15 is 0 Å². The minimum Gasteiger partial charge on any atom is -0.394 e. The lowest BCUT2D eigenvalue weighted by Crippen LogP contribution is -2.45. The molecule has 0 heterocycles. The van der Waals surface area contributed by atoms with E-state index in [2.05, 4.69) is 19.2 Å². The van der Waals surface area contributed by atoms with Gasteiger partial charge >= 0.3 is 0 Å². The highest BCUT2D eigenvalue weighted by Gasteiger charge is 2.18. The molecule has 0 aliphatic rings. The summed E-state index contributed by atoms with van der Waals surface area (Å²) in [5, 5.41) is 23.3. The zero-order valence-corrected chi connectivity index (χ0v) is 51.2. The number of rotatable bonds is 66. The molecule has 3 N–H and O–H groups in total. The molecule has 0 spiro atoms. The largest absolute Gasteiger partial charge is 0.394 e. The average Bonchev–Trinajstić information content (AvgIpc) is 3.40. The van der Waals surface area contributed by atoms with Gasteiger partial charge in [-0.2, -0.15) is 0 Å². The molecule has 74 heavy (non-hydrogen) atoms. The van der Waals surface area contributed by atoms with Gasteiger partial charge in [0.05, 0.1) is 18.8 Å². The van der Waals surface area contributed by atoms with Crippen molar-refractivity contribution in [2.75, 3.05) is 6.61 Å². The SMILES string of the molecule is CCCCCCCCCCCCCCCCCCCCCCCCCCCCC/C=C/C(O)C(CO)NC(=O)CCCCCCCCCCCCCCCCCCCCCCCCCCCCCCCCCCC. The monoisotopic (exact) mass is 1040 g/mol. The van der Waals surface area contributed by atoms with E-state index in [1.807, 2.05) is 6.08 Å². The van der Waals surface area contributed by atoms with Crippen molar-refractivity contribution >= 4 is 5.91 Å². The maximum Gasteiger partial charge on any atom is 0.220 e. The van der Waals surface area contributed by atoms with Crippen molar-refractivity contribution in [3.8, 4) is 0 Å². The maximum atomic E-state index is 12.5. The zero-order valence-electron chi connectivity index (χ0n) is 51.2. The van der Waals surface area contributed by atoms with E-state index in [1.54, 1.807) is 6.08 Å². The number of nitrogens with one attached hydrogen (secondary N) is 1. The van der Waals surface area contributed by atoms with Gasteiger partial charge in [0.1, 0.15) is 0 Å². The number of amides is 1. The molecule has 442 valence electrons. The highest BCUT2D eigenvalue weighted by atomic mass is 16.3. The standard InChI is InChI=1S/C70H139NO3/c1-3-5-7-9-11-13-15-17-19-21-23-25-27-29-31-33-34-35-36-38-40-42-44-46-48-50-52-54-56-58-60-62-64-66-70(74)71-68(67-72)69(73)65-63-61-59-57-55-53-51-49-47-45-43-41-39-37-32-30-28-26-24-22-20-18-16-14-12-10-8-6-4-2/h63,65,68-69,72-73H,3-62,64,66-67H2,1-2H3,(H,71,74)/b65-63+. The van der Waals surface area contributed by atoms with E-state index in [9.17, 15) is 15.0 Å². The van der Waals surface area contributed by atoms with Gasteiger partial charge in [-0.3, -0.25) is 4.79 Å². The van der Waals surface area contributed by atoms with E-state index in [0.29, 0.717) is 6.42 Å². The second kappa shape index (κ2) is 66.4. The van der Waals surface area contributed by atoms with Crippen LogP contribution in [0.15, 0.2) is 12.2 Å². The molecule has 2 atom stereocenters. The van der Waals surface area contributed by atoms with Crippen LogP contribution >= 0.6 is 0 Å². The fourth-order valence-electron chi connectivity index (χ4n) is 11.5. The van der Waals surface area contributed by atoms with Crippen molar-refractivity contribution in [1.82, 2.24) is 5.32 Å². The number of carbonyl (C=O) groups is 1. The molecule has 0 aliphatic heterocycles. The molecule has 0 saturated carbocycles. The van der Waals surface area contributed by atoms with Gasteiger partial charge in [0.15, 0.2) is 0 Å². The normalized spacial score (nSPS) is 12.6. The van der Waals surface area contributed by atoms with Crippen molar-refractivity contribution < 1.29 is 15.0 Å². The summed E-state index contributed by atoms with van der Waals surface area (Å²) < 4.78 is 0. The van der Waals surface area contributed by atoms with Crippen LogP contribution in [0.3, 0.4) is 0 Å². The van der Waals surface area contributed by atoms with E-state index in [1.165, 1.54) is 366 Å². The Morgan fingerprint density at radius 1 is 0.311 bits per heavy atom. The fraction of sp³-hybridized carbons (Fsp3) is 0.957. The highest BCUT2D eigenvalue weighted by Crippen LogP contribution is 2.20.